The molecule has 1 heterocycles. The number of nitriles is 1. The Morgan fingerprint density at radius 2 is 1.80 bits per heavy atom. The van der Waals surface area contributed by atoms with E-state index < -0.39 is 0 Å². The first-order chi connectivity index (χ1) is 12.2. The lowest BCUT2D eigenvalue weighted by atomic mass is 10.1. The number of nitrogens with one attached hydrogen (secondary N) is 1. The summed E-state index contributed by atoms with van der Waals surface area (Å²) in [7, 11) is 0. The lowest BCUT2D eigenvalue weighted by molar-refractivity contribution is 0.759. The van der Waals surface area contributed by atoms with Gasteiger partial charge in [0.1, 0.15) is 6.07 Å². The van der Waals surface area contributed by atoms with Gasteiger partial charge >= 0.3 is 0 Å². The molecule has 0 saturated carbocycles. The molecule has 0 saturated heterocycles. The SMILES string of the molecule is N#Cc1ccc(NCc2ccc(Cn3ccccc3=O)cc2)cc1Cl. The van der Waals surface area contributed by atoms with Crippen LogP contribution >= 0.6 is 11.6 Å². The molecule has 5 heteroatoms. The number of aromatic nitrogens is 1. The highest BCUT2D eigenvalue weighted by molar-refractivity contribution is 6.32. The quantitative estimate of drug-likeness (QED) is 0.756. The van der Waals surface area contributed by atoms with Gasteiger partial charge in [0.2, 0.25) is 0 Å². The zero-order valence-corrected chi connectivity index (χ0v) is 14.2. The van der Waals surface area contributed by atoms with Crippen LogP contribution in [0.25, 0.3) is 0 Å². The Morgan fingerprint density at radius 1 is 1.04 bits per heavy atom. The Balaban J connectivity index is 1.63. The van der Waals surface area contributed by atoms with Crippen molar-refractivity contribution in [1.29, 1.82) is 5.26 Å². The van der Waals surface area contributed by atoms with Crippen molar-refractivity contribution in [3.63, 3.8) is 0 Å². The van der Waals surface area contributed by atoms with E-state index in [4.69, 9.17) is 16.9 Å². The number of halogens is 1. The summed E-state index contributed by atoms with van der Waals surface area (Å²) in [6.07, 6.45) is 1.78. The number of nitrogens with zero attached hydrogens (tertiary/aromatic N) is 2. The van der Waals surface area contributed by atoms with Crippen LogP contribution in [0.1, 0.15) is 16.7 Å². The normalized spacial score (nSPS) is 10.2. The maximum absolute atomic E-state index is 11.7. The molecule has 0 spiro atoms. The maximum Gasteiger partial charge on any atom is 0.250 e. The molecule has 0 aliphatic heterocycles. The molecule has 1 N–H and O–H groups in total. The Kier molecular flexibility index (Phi) is 5.17. The van der Waals surface area contributed by atoms with Crippen molar-refractivity contribution in [3.8, 4) is 6.07 Å². The average Bonchev–Trinajstić information content (AvgIpc) is 2.63. The van der Waals surface area contributed by atoms with Crippen LogP contribution in [-0.2, 0) is 13.1 Å². The standard InChI is InChI=1S/C20H16ClN3O/c21-19-11-18(9-8-17(19)12-22)23-13-15-4-6-16(7-5-15)14-24-10-2-1-3-20(24)25/h1-11,23H,13-14H2. The van der Waals surface area contributed by atoms with Gasteiger partial charge in [-0.05, 0) is 35.4 Å². The van der Waals surface area contributed by atoms with Gasteiger partial charge in [-0.1, -0.05) is 41.9 Å². The molecule has 0 aliphatic carbocycles. The van der Waals surface area contributed by atoms with Gasteiger partial charge in [0, 0.05) is 24.5 Å². The van der Waals surface area contributed by atoms with Crippen molar-refractivity contribution in [3.05, 3.63) is 98.9 Å². The fourth-order valence-corrected chi connectivity index (χ4v) is 2.69. The lowest BCUT2D eigenvalue weighted by Crippen LogP contribution is -2.18. The summed E-state index contributed by atoms with van der Waals surface area (Å²) < 4.78 is 1.67. The molecule has 0 unspecified atom stereocenters. The summed E-state index contributed by atoms with van der Waals surface area (Å²) >= 11 is 6.03. The van der Waals surface area contributed by atoms with Crippen molar-refractivity contribution in [2.24, 2.45) is 0 Å². The van der Waals surface area contributed by atoms with Crippen molar-refractivity contribution < 1.29 is 0 Å². The second kappa shape index (κ2) is 7.69. The summed E-state index contributed by atoms with van der Waals surface area (Å²) in [4.78, 5) is 11.7. The fraction of sp³-hybridized carbons (Fsp3) is 0.100. The van der Waals surface area contributed by atoms with E-state index in [-0.39, 0.29) is 5.56 Å². The van der Waals surface area contributed by atoms with Gasteiger partial charge in [0.25, 0.3) is 5.56 Å². The molecule has 25 heavy (non-hydrogen) atoms. The van der Waals surface area contributed by atoms with Crippen LogP contribution in [0.4, 0.5) is 5.69 Å². The minimum Gasteiger partial charge on any atom is -0.381 e. The van der Waals surface area contributed by atoms with Gasteiger partial charge in [-0.15, -0.1) is 0 Å². The third-order valence-corrected chi connectivity index (χ3v) is 4.17. The van der Waals surface area contributed by atoms with Gasteiger partial charge in [0.15, 0.2) is 0 Å². The number of anilines is 1. The summed E-state index contributed by atoms with van der Waals surface area (Å²) in [6, 6.07) is 20.6. The average molecular weight is 350 g/mol. The predicted molar refractivity (Wildman–Crippen MR) is 99.7 cm³/mol. The third-order valence-electron chi connectivity index (χ3n) is 3.86. The molecule has 0 amide bonds. The molecule has 0 atom stereocenters. The fourth-order valence-electron chi connectivity index (χ4n) is 2.47. The molecule has 0 bridgehead atoms. The van der Waals surface area contributed by atoms with Gasteiger partial charge in [-0.2, -0.15) is 5.26 Å². The van der Waals surface area contributed by atoms with Crippen LogP contribution in [0, 0.1) is 11.3 Å². The zero-order valence-electron chi connectivity index (χ0n) is 13.4. The van der Waals surface area contributed by atoms with E-state index in [0.717, 1.165) is 16.8 Å². The first-order valence-electron chi connectivity index (χ1n) is 7.82. The number of rotatable bonds is 5. The van der Waals surface area contributed by atoms with Gasteiger partial charge < -0.3 is 9.88 Å². The largest absolute Gasteiger partial charge is 0.381 e. The minimum absolute atomic E-state index is 0.00839. The number of hydrogen-bond donors (Lipinski definition) is 1. The van der Waals surface area contributed by atoms with E-state index in [1.165, 1.54) is 0 Å². The van der Waals surface area contributed by atoms with Crippen LogP contribution in [0.5, 0.6) is 0 Å². The van der Waals surface area contributed by atoms with E-state index in [2.05, 4.69) is 5.32 Å². The predicted octanol–water partition coefficient (Wildman–Crippen LogP) is 4.03. The van der Waals surface area contributed by atoms with Crippen molar-refractivity contribution in [1.82, 2.24) is 4.57 Å². The zero-order chi connectivity index (χ0) is 17.6. The summed E-state index contributed by atoms with van der Waals surface area (Å²) in [6.45, 7) is 1.20. The van der Waals surface area contributed by atoms with Gasteiger partial charge in [0.05, 0.1) is 17.1 Å². The molecule has 0 fully saturated rings. The molecule has 1 aromatic heterocycles. The van der Waals surface area contributed by atoms with Crippen LogP contribution < -0.4 is 10.9 Å². The van der Waals surface area contributed by atoms with E-state index >= 15 is 0 Å². The molecular formula is C20H16ClN3O. The molecule has 0 radical (unpaired) electrons. The summed E-state index contributed by atoms with van der Waals surface area (Å²) in [5.74, 6) is 0. The molecule has 124 valence electrons. The van der Waals surface area contributed by atoms with Gasteiger partial charge in [-0.3, -0.25) is 4.79 Å². The second-order valence-corrected chi connectivity index (χ2v) is 6.05. The summed E-state index contributed by atoms with van der Waals surface area (Å²) in [5, 5.41) is 12.6. The van der Waals surface area contributed by atoms with Crippen LogP contribution in [0.3, 0.4) is 0 Å². The van der Waals surface area contributed by atoms with E-state index in [0.29, 0.717) is 23.7 Å². The molecule has 0 aliphatic rings. The Hall–Kier alpha value is -3.03. The van der Waals surface area contributed by atoms with Crippen molar-refractivity contribution in [2.45, 2.75) is 13.1 Å². The third kappa shape index (κ3) is 4.28. The Bertz CT molecular complexity index is 971. The Morgan fingerprint density at radius 3 is 2.48 bits per heavy atom. The van der Waals surface area contributed by atoms with Gasteiger partial charge in [-0.25, -0.2) is 0 Å². The van der Waals surface area contributed by atoms with Crippen LogP contribution in [0.15, 0.2) is 71.7 Å². The highest BCUT2D eigenvalue weighted by atomic mass is 35.5. The maximum atomic E-state index is 11.7. The van der Waals surface area contributed by atoms with Crippen molar-refractivity contribution >= 4 is 17.3 Å². The minimum atomic E-state index is -0.00839. The number of benzene rings is 2. The topological polar surface area (TPSA) is 57.8 Å². The van der Waals surface area contributed by atoms with E-state index in [1.807, 2.05) is 42.5 Å². The lowest BCUT2D eigenvalue weighted by Gasteiger charge is -2.09. The molecular weight excluding hydrogens is 334 g/mol. The highest BCUT2D eigenvalue weighted by Crippen LogP contribution is 2.20. The molecule has 2 aromatic carbocycles. The molecule has 3 aromatic rings. The molecule has 4 nitrogen and oxygen atoms in total. The van der Waals surface area contributed by atoms with Crippen LogP contribution in [-0.4, -0.2) is 4.57 Å². The highest BCUT2D eigenvalue weighted by Gasteiger charge is 2.02. The first-order valence-corrected chi connectivity index (χ1v) is 8.20. The monoisotopic (exact) mass is 349 g/mol. The van der Waals surface area contributed by atoms with Crippen LogP contribution in [0.2, 0.25) is 5.02 Å². The number of pyridine rings is 1. The smallest absolute Gasteiger partial charge is 0.250 e. The Labute approximate surface area is 150 Å². The van der Waals surface area contributed by atoms with Crippen molar-refractivity contribution in [2.75, 3.05) is 5.32 Å². The van der Waals surface area contributed by atoms with E-state index in [9.17, 15) is 4.79 Å². The number of hydrogen-bond acceptors (Lipinski definition) is 3. The first kappa shape index (κ1) is 16.8. The van der Waals surface area contributed by atoms with E-state index in [1.54, 1.807) is 35.0 Å². The molecule has 3 rings (SSSR count). The second-order valence-electron chi connectivity index (χ2n) is 5.64. The summed E-state index contributed by atoms with van der Waals surface area (Å²) in [5.41, 5.74) is 3.51.